The summed E-state index contributed by atoms with van der Waals surface area (Å²) in [5.74, 6) is -0.973. The van der Waals surface area contributed by atoms with Gasteiger partial charge in [-0.05, 0) is 42.3 Å². The number of carbonyl (C=O) groups is 1. The smallest absolute Gasteiger partial charge is 0.335 e. The Kier molecular flexibility index (Phi) is 4.87. The number of aromatic nitrogens is 2. The molecule has 4 rings (SSSR count). The third-order valence-electron chi connectivity index (χ3n) is 4.54. The van der Waals surface area contributed by atoms with Crippen molar-refractivity contribution in [2.45, 2.75) is 13.5 Å². The molecule has 0 radical (unpaired) electrons. The summed E-state index contributed by atoms with van der Waals surface area (Å²) in [7, 11) is 0. The molecule has 0 bridgehead atoms. The number of hydrogen-bond acceptors (Lipinski definition) is 4. The average molecular weight is 455 g/mol. The second-order valence-corrected chi connectivity index (χ2v) is 8.52. The van der Waals surface area contributed by atoms with E-state index in [0.717, 1.165) is 30.9 Å². The van der Waals surface area contributed by atoms with Crippen LogP contribution in [-0.2, 0) is 6.54 Å². The Labute approximate surface area is 173 Å². The van der Waals surface area contributed by atoms with Crippen molar-refractivity contribution in [3.8, 4) is 11.1 Å². The molecule has 0 aliphatic carbocycles. The van der Waals surface area contributed by atoms with Crippen LogP contribution in [0.3, 0.4) is 0 Å². The number of aromatic carboxylic acids is 1. The number of carboxylic acid groups (broad SMARTS) is 1. The number of benzene rings is 2. The zero-order valence-electron chi connectivity index (χ0n) is 14.8. The number of aryl methyl sites for hydroxylation is 1. The lowest BCUT2D eigenvalue weighted by molar-refractivity contribution is 0.0697. The first kappa shape index (κ1) is 18.6. The van der Waals surface area contributed by atoms with E-state index in [4.69, 9.17) is 5.11 Å². The first-order valence-corrected chi connectivity index (χ1v) is 10.1. The van der Waals surface area contributed by atoms with Gasteiger partial charge in [-0.2, -0.15) is 0 Å². The van der Waals surface area contributed by atoms with Crippen LogP contribution in [0.5, 0.6) is 0 Å². The van der Waals surface area contributed by atoms with E-state index in [1.54, 1.807) is 23.0 Å². The normalized spacial score (nSPS) is 11.1. The van der Waals surface area contributed by atoms with Crippen molar-refractivity contribution in [1.29, 1.82) is 0 Å². The molecule has 1 N–H and O–H groups in total. The van der Waals surface area contributed by atoms with Crippen molar-refractivity contribution in [2.75, 3.05) is 0 Å². The Balaban J connectivity index is 1.80. The van der Waals surface area contributed by atoms with Gasteiger partial charge in [0.2, 0.25) is 0 Å². The Morgan fingerprint density at radius 3 is 2.46 bits per heavy atom. The SMILES string of the molecule is Cc1sc2ncn(Cc3ccc(C(=O)O)cc3)c(=O)c2c1-c1ccc(Br)cc1. The highest BCUT2D eigenvalue weighted by atomic mass is 79.9. The van der Waals surface area contributed by atoms with Crippen LogP contribution in [0.4, 0.5) is 0 Å². The standard InChI is InChI=1S/C21H15BrN2O3S/c1-12-17(14-6-8-16(22)9-7-14)18-19(28-12)23-11-24(20(18)25)10-13-2-4-15(5-3-13)21(26)27/h2-9,11H,10H2,1H3,(H,26,27). The minimum Gasteiger partial charge on any atom is -0.478 e. The number of rotatable bonds is 4. The summed E-state index contributed by atoms with van der Waals surface area (Å²) >= 11 is 4.95. The lowest BCUT2D eigenvalue weighted by atomic mass is 10.0. The third-order valence-corrected chi connectivity index (χ3v) is 6.08. The predicted molar refractivity (Wildman–Crippen MR) is 114 cm³/mol. The van der Waals surface area contributed by atoms with Gasteiger partial charge >= 0.3 is 5.97 Å². The van der Waals surface area contributed by atoms with E-state index in [1.165, 1.54) is 23.5 Å². The van der Waals surface area contributed by atoms with E-state index >= 15 is 0 Å². The summed E-state index contributed by atoms with van der Waals surface area (Å²) in [5, 5.41) is 9.64. The first-order chi connectivity index (χ1) is 13.4. The summed E-state index contributed by atoms with van der Waals surface area (Å²) in [6.45, 7) is 2.33. The Hall–Kier alpha value is -2.77. The van der Waals surface area contributed by atoms with Crippen molar-refractivity contribution in [3.63, 3.8) is 0 Å². The van der Waals surface area contributed by atoms with Crippen molar-refractivity contribution in [3.05, 3.63) is 85.7 Å². The number of halogens is 1. The molecule has 2 aromatic carbocycles. The maximum Gasteiger partial charge on any atom is 0.335 e. The Morgan fingerprint density at radius 2 is 1.82 bits per heavy atom. The zero-order valence-corrected chi connectivity index (χ0v) is 17.3. The number of nitrogens with zero attached hydrogens (tertiary/aromatic N) is 2. The molecule has 0 saturated carbocycles. The molecule has 0 atom stereocenters. The molecule has 0 spiro atoms. The largest absolute Gasteiger partial charge is 0.478 e. The molecule has 0 saturated heterocycles. The van der Waals surface area contributed by atoms with Gasteiger partial charge in [-0.15, -0.1) is 11.3 Å². The number of hydrogen-bond donors (Lipinski definition) is 1. The minimum absolute atomic E-state index is 0.102. The van der Waals surface area contributed by atoms with E-state index in [-0.39, 0.29) is 11.1 Å². The molecule has 140 valence electrons. The summed E-state index contributed by atoms with van der Waals surface area (Å²) in [6, 6.07) is 14.4. The lowest BCUT2D eigenvalue weighted by Crippen LogP contribution is -2.21. The van der Waals surface area contributed by atoms with Crippen LogP contribution in [0.1, 0.15) is 20.8 Å². The number of thiophene rings is 1. The molecule has 0 amide bonds. The maximum atomic E-state index is 13.2. The first-order valence-electron chi connectivity index (χ1n) is 8.51. The van der Waals surface area contributed by atoms with Crippen molar-refractivity contribution in [1.82, 2.24) is 9.55 Å². The molecule has 0 fully saturated rings. The van der Waals surface area contributed by atoms with Crippen molar-refractivity contribution in [2.24, 2.45) is 0 Å². The van der Waals surface area contributed by atoms with Gasteiger partial charge in [0.1, 0.15) is 4.83 Å². The molecule has 0 aliphatic heterocycles. The third kappa shape index (κ3) is 3.39. The van der Waals surface area contributed by atoms with Crippen LogP contribution >= 0.6 is 27.3 Å². The van der Waals surface area contributed by atoms with Gasteiger partial charge in [0.25, 0.3) is 5.56 Å². The van der Waals surface area contributed by atoms with Gasteiger partial charge in [0.05, 0.1) is 23.8 Å². The maximum absolute atomic E-state index is 13.2. The molecule has 7 heteroatoms. The van der Waals surface area contributed by atoms with E-state index < -0.39 is 5.97 Å². The minimum atomic E-state index is -0.973. The Bertz CT molecular complexity index is 1240. The molecule has 5 nitrogen and oxygen atoms in total. The van der Waals surface area contributed by atoms with Gasteiger partial charge in [0, 0.05) is 14.9 Å². The molecule has 28 heavy (non-hydrogen) atoms. The van der Waals surface area contributed by atoms with E-state index in [1.807, 2.05) is 31.2 Å². The van der Waals surface area contributed by atoms with Crippen LogP contribution in [0.25, 0.3) is 21.3 Å². The monoisotopic (exact) mass is 454 g/mol. The predicted octanol–water partition coefficient (Wildman–Crippen LogP) is 4.94. The second-order valence-electron chi connectivity index (χ2n) is 6.40. The fourth-order valence-corrected chi connectivity index (χ4v) is 4.43. The van der Waals surface area contributed by atoms with Crippen molar-refractivity contribution < 1.29 is 9.90 Å². The fourth-order valence-electron chi connectivity index (χ4n) is 3.16. The topological polar surface area (TPSA) is 72.2 Å². The van der Waals surface area contributed by atoms with Gasteiger partial charge in [-0.1, -0.05) is 40.2 Å². The van der Waals surface area contributed by atoms with Crippen molar-refractivity contribution >= 4 is 43.5 Å². The van der Waals surface area contributed by atoms with Gasteiger partial charge < -0.3 is 5.11 Å². The quantitative estimate of drug-likeness (QED) is 0.473. The number of carboxylic acids is 1. The highest BCUT2D eigenvalue weighted by Gasteiger charge is 2.17. The summed E-state index contributed by atoms with van der Waals surface area (Å²) in [6.07, 6.45) is 1.55. The van der Waals surface area contributed by atoms with Crippen LogP contribution in [0.2, 0.25) is 0 Å². The molecule has 2 heterocycles. The van der Waals surface area contributed by atoms with E-state index in [2.05, 4.69) is 20.9 Å². The molecule has 2 aromatic heterocycles. The summed E-state index contributed by atoms with van der Waals surface area (Å²) < 4.78 is 2.54. The average Bonchev–Trinajstić information content (AvgIpc) is 3.02. The highest BCUT2D eigenvalue weighted by molar-refractivity contribution is 9.10. The van der Waals surface area contributed by atoms with Crippen LogP contribution in [-0.4, -0.2) is 20.6 Å². The van der Waals surface area contributed by atoms with Gasteiger partial charge in [-0.3, -0.25) is 9.36 Å². The van der Waals surface area contributed by atoms with Gasteiger partial charge in [-0.25, -0.2) is 9.78 Å². The Morgan fingerprint density at radius 1 is 1.14 bits per heavy atom. The van der Waals surface area contributed by atoms with Gasteiger partial charge in [0.15, 0.2) is 0 Å². The van der Waals surface area contributed by atoms with Crippen LogP contribution in [0.15, 0.2) is 64.1 Å². The second kappa shape index (κ2) is 7.33. The van der Waals surface area contributed by atoms with E-state index in [0.29, 0.717) is 11.9 Å². The molecular weight excluding hydrogens is 440 g/mol. The summed E-state index contributed by atoms with van der Waals surface area (Å²) in [4.78, 5) is 30.5. The molecule has 0 unspecified atom stereocenters. The number of fused-ring (bicyclic) bond motifs is 1. The van der Waals surface area contributed by atoms with Crippen LogP contribution < -0.4 is 5.56 Å². The summed E-state index contributed by atoms with van der Waals surface area (Å²) in [5.41, 5.74) is 2.85. The lowest BCUT2D eigenvalue weighted by Gasteiger charge is -2.07. The molecular formula is C21H15BrN2O3S. The zero-order chi connectivity index (χ0) is 19.8. The molecule has 4 aromatic rings. The van der Waals surface area contributed by atoms with Crippen LogP contribution in [0, 0.1) is 6.92 Å². The molecule has 0 aliphatic rings. The fraction of sp³-hybridized carbons (Fsp3) is 0.0952. The van der Waals surface area contributed by atoms with E-state index in [9.17, 15) is 9.59 Å². The highest BCUT2D eigenvalue weighted by Crippen LogP contribution is 2.35.